The van der Waals surface area contributed by atoms with Gasteiger partial charge in [-0.2, -0.15) is 0 Å². The average molecular weight is 254 g/mol. The van der Waals surface area contributed by atoms with Crippen molar-refractivity contribution in [1.82, 2.24) is 4.98 Å². The summed E-state index contributed by atoms with van der Waals surface area (Å²) in [5, 5.41) is 6.28. The fourth-order valence-electron chi connectivity index (χ4n) is 3.07. The number of nitrogens with zero attached hydrogens (tertiary/aromatic N) is 1. The summed E-state index contributed by atoms with van der Waals surface area (Å²) < 4.78 is 0. The maximum Gasteiger partial charge on any atom is 0.0423 e. The number of benzene rings is 1. The Hall–Kier alpha value is -1.57. The maximum atomic E-state index is 4.20. The van der Waals surface area contributed by atoms with Crippen molar-refractivity contribution < 1.29 is 0 Å². The first kappa shape index (κ1) is 12.5. The summed E-state index contributed by atoms with van der Waals surface area (Å²) in [6.45, 7) is 0. The van der Waals surface area contributed by atoms with Gasteiger partial charge in [-0.1, -0.05) is 44.2 Å². The molecule has 3 rings (SSSR count). The van der Waals surface area contributed by atoms with E-state index in [2.05, 4.69) is 34.6 Å². The molecule has 0 radical (unpaired) electrons. The maximum absolute atomic E-state index is 4.20. The third-order valence-corrected chi connectivity index (χ3v) is 4.15. The molecule has 0 bridgehead atoms. The molecule has 100 valence electrons. The highest BCUT2D eigenvalue weighted by Gasteiger charge is 2.12. The standard InChI is InChI=1S/C17H22N2/c1-2-4-8-15(9-5-3-1)19-17-10-6-7-14-13-18-12-11-16(14)17/h6-7,10-13,15,19H,1-5,8-9H2. The molecule has 2 aromatic rings. The zero-order valence-electron chi connectivity index (χ0n) is 11.4. The fraction of sp³-hybridized carbons (Fsp3) is 0.471. The number of aromatic nitrogens is 1. The lowest BCUT2D eigenvalue weighted by atomic mass is 9.96. The van der Waals surface area contributed by atoms with Crippen molar-refractivity contribution in [2.24, 2.45) is 0 Å². The van der Waals surface area contributed by atoms with Gasteiger partial charge in [0.05, 0.1) is 0 Å². The summed E-state index contributed by atoms with van der Waals surface area (Å²) in [4.78, 5) is 4.20. The van der Waals surface area contributed by atoms with Crippen LogP contribution in [0.1, 0.15) is 44.9 Å². The van der Waals surface area contributed by atoms with Crippen LogP contribution in [0.3, 0.4) is 0 Å². The third kappa shape index (κ3) is 3.06. The van der Waals surface area contributed by atoms with Gasteiger partial charge in [-0.05, 0) is 25.0 Å². The van der Waals surface area contributed by atoms with Gasteiger partial charge in [-0.25, -0.2) is 0 Å². The second kappa shape index (κ2) is 6.05. The zero-order chi connectivity index (χ0) is 12.9. The van der Waals surface area contributed by atoms with Crippen molar-refractivity contribution in [1.29, 1.82) is 0 Å². The molecule has 0 amide bonds. The van der Waals surface area contributed by atoms with Crippen LogP contribution in [-0.2, 0) is 0 Å². The first-order valence-electron chi connectivity index (χ1n) is 7.53. The molecule has 1 aromatic heterocycles. The molecule has 0 unspecified atom stereocenters. The molecule has 1 aliphatic carbocycles. The van der Waals surface area contributed by atoms with Gasteiger partial charge in [0.2, 0.25) is 0 Å². The smallest absolute Gasteiger partial charge is 0.0423 e. The molecule has 1 aliphatic rings. The Bertz CT molecular complexity index is 522. The summed E-state index contributed by atoms with van der Waals surface area (Å²) in [6.07, 6.45) is 13.4. The number of nitrogens with one attached hydrogen (secondary N) is 1. The fourth-order valence-corrected chi connectivity index (χ4v) is 3.07. The van der Waals surface area contributed by atoms with Crippen LogP contribution >= 0.6 is 0 Å². The molecular formula is C17H22N2. The Morgan fingerprint density at radius 1 is 0.947 bits per heavy atom. The lowest BCUT2D eigenvalue weighted by Gasteiger charge is -2.23. The van der Waals surface area contributed by atoms with Gasteiger partial charge in [-0.3, -0.25) is 4.98 Å². The summed E-state index contributed by atoms with van der Waals surface area (Å²) in [5.41, 5.74) is 1.27. The van der Waals surface area contributed by atoms with Crippen molar-refractivity contribution in [2.45, 2.75) is 51.0 Å². The van der Waals surface area contributed by atoms with Crippen LogP contribution in [-0.4, -0.2) is 11.0 Å². The van der Waals surface area contributed by atoms with Crippen LogP contribution in [0.4, 0.5) is 5.69 Å². The minimum absolute atomic E-state index is 0.638. The first-order chi connectivity index (χ1) is 9.43. The topological polar surface area (TPSA) is 24.9 Å². The molecule has 19 heavy (non-hydrogen) atoms. The third-order valence-electron chi connectivity index (χ3n) is 4.15. The minimum Gasteiger partial charge on any atom is -0.382 e. The van der Waals surface area contributed by atoms with Gasteiger partial charge < -0.3 is 5.32 Å². The lowest BCUT2D eigenvalue weighted by molar-refractivity contribution is 0.471. The molecule has 0 aliphatic heterocycles. The summed E-state index contributed by atoms with van der Waals surface area (Å²) in [5.74, 6) is 0. The highest BCUT2D eigenvalue weighted by molar-refractivity contribution is 5.93. The van der Waals surface area contributed by atoms with Crippen LogP contribution < -0.4 is 5.32 Å². The zero-order valence-corrected chi connectivity index (χ0v) is 11.4. The highest BCUT2D eigenvalue weighted by Crippen LogP contribution is 2.26. The van der Waals surface area contributed by atoms with Crippen molar-refractivity contribution in [3.63, 3.8) is 0 Å². The van der Waals surface area contributed by atoms with Crippen LogP contribution in [0.2, 0.25) is 0 Å². The highest BCUT2D eigenvalue weighted by atomic mass is 14.9. The van der Waals surface area contributed by atoms with E-state index in [-0.39, 0.29) is 0 Å². The molecule has 2 heteroatoms. The number of hydrogen-bond acceptors (Lipinski definition) is 2. The first-order valence-corrected chi connectivity index (χ1v) is 7.53. The van der Waals surface area contributed by atoms with Crippen LogP contribution in [0.5, 0.6) is 0 Å². The van der Waals surface area contributed by atoms with Gasteiger partial charge in [0.25, 0.3) is 0 Å². The van der Waals surface area contributed by atoms with Crippen molar-refractivity contribution in [3.05, 3.63) is 36.7 Å². The normalized spacial score (nSPS) is 17.9. The van der Waals surface area contributed by atoms with Gasteiger partial charge in [-0.15, -0.1) is 0 Å². The van der Waals surface area contributed by atoms with Crippen LogP contribution in [0, 0.1) is 0 Å². The molecule has 1 N–H and O–H groups in total. The largest absolute Gasteiger partial charge is 0.382 e. The van der Waals surface area contributed by atoms with E-state index >= 15 is 0 Å². The van der Waals surface area contributed by atoms with E-state index in [4.69, 9.17) is 0 Å². The Morgan fingerprint density at radius 2 is 1.74 bits per heavy atom. The number of rotatable bonds is 2. The second-order valence-electron chi connectivity index (χ2n) is 5.59. The van der Waals surface area contributed by atoms with E-state index in [1.165, 1.54) is 61.4 Å². The minimum atomic E-state index is 0.638. The average Bonchev–Trinajstić information content (AvgIpc) is 2.42. The van der Waals surface area contributed by atoms with E-state index in [0.29, 0.717) is 6.04 Å². The SMILES string of the molecule is c1cc(NC2CCCCCCC2)c2ccncc2c1. The summed E-state index contributed by atoms with van der Waals surface area (Å²) in [6, 6.07) is 9.20. The molecule has 0 atom stereocenters. The van der Waals surface area contributed by atoms with Crippen LogP contribution in [0.25, 0.3) is 10.8 Å². The molecular weight excluding hydrogens is 232 g/mol. The Morgan fingerprint density at radius 3 is 2.58 bits per heavy atom. The molecule has 1 saturated carbocycles. The summed E-state index contributed by atoms with van der Waals surface area (Å²) >= 11 is 0. The number of pyridine rings is 1. The molecule has 1 fully saturated rings. The molecule has 2 nitrogen and oxygen atoms in total. The van der Waals surface area contributed by atoms with Crippen LogP contribution in [0.15, 0.2) is 36.7 Å². The van der Waals surface area contributed by atoms with Gasteiger partial charge in [0, 0.05) is 34.9 Å². The van der Waals surface area contributed by atoms with E-state index in [9.17, 15) is 0 Å². The molecule has 1 heterocycles. The Kier molecular flexibility index (Phi) is 3.97. The van der Waals surface area contributed by atoms with E-state index in [0.717, 1.165) is 0 Å². The number of hydrogen-bond donors (Lipinski definition) is 1. The molecule has 0 spiro atoms. The number of fused-ring (bicyclic) bond motifs is 1. The monoisotopic (exact) mass is 254 g/mol. The van der Waals surface area contributed by atoms with E-state index in [1.54, 1.807) is 0 Å². The lowest BCUT2D eigenvalue weighted by Crippen LogP contribution is -2.20. The van der Waals surface area contributed by atoms with Gasteiger partial charge in [0.1, 0.15) is 0 Å². The van der Waals surface area contributed by atoms with Crippen molar-refractivity contribution >= 4 is 16.5 Å². The van der Waals surface area contributed by atoms with Gasteiger partial charge >= 0.3 is 0 Å². The Labute approximate surface area is 115 Å². The molecule has 0 saturated heterocycles. The Balaban J connectivity index is 1.80. The van der Waals surface area contributed by atoms with Gasteiger partial charge in [0.15, 0.2) is 0 Å². The van der Waals surface area contributed by atoms with E-state index in [1.807, 2.05) is 12.4 Å². The second-order valence-corrected chi connectivity index (χ2v) is 5.59. The molecule has 1 aromatic carbocycles. The van der Waals surface area contributed by atoms with E-state index < -0.39 is 0 Å². The quantitative estimate of drug-likeness (QED) is 0.835. The van der Waals surface area contributed by atoms with Crippen molar-refractivity contribution in [3.8, 4) is 0 Å². The van der Waals surface area contributed by atoms with Crippen molar-refractivity contribution in [2.75, 3.05) is 5.32 Å². The predicted octanol–water partition coefficient (Wildman–Crippen LogP) is 4.76. The summed E-state index contributed by atoms with van der Waals surface area (Å²) in [7, 11) is 0. The predicted molar refractivity (Wildman–Crippen MR) is 81.5 cm³/mol. The number of anilines is 1.